The third-order valence-corrected chi connectivity index (χ3v) is 5.57. The first-order chi connectivity index (χ1) is 13.6. The van der Waals surface area contributed by atoms with Gasteiger partial charge in [0.15, 0.2) is 5.82 Å². The molecule has 1 fully saturated rings. The number of hydrogen-bond acceptors (Lipinski definition) is 4. The van der Waals surface area contributed by atoms with Crippen LogP contribution < -0.4 is 5.32 Å². The van der Waals surface area contributed by atoms with Gasteiger partial charge in [0.05, 0.1) is 11.1 Å². The predicted octanol–water partition coefficient (Wildman–Crippen LogP) is 4.82. The zero-order valence-electron chi connectivity index (χ0n) is 14.5. The van der Waals surface area contributed by atoms with Gasteiger partial charge in [-0.3, -0.25) is 4.79 Å². The average Bonchev–Trinajstić information content (AvgIpc) is 3.32. The van der Waals surface area contributed by atoms with E-state index in [1.807, 2.05) is 47.1 Å². The van der Waals surface area contributed by atoms with Gasteiger partial charge in [-0.25, -0.2) is 4.68 Å². The van der Waals surface area contributed by atoms with Gasteiger partial charge in [-0.05, 0) is 53.6 Å². The quantitative estimate of drug-likeness (QED) is 0.460. The van der Waals surface area contributed by atoms with E-state index in [1.165, 1.54) is 0 Å². The number of nitrogens with zero attached hydrogens (tertiary/aromatic N) is 4. The highest BCUT2D eigenvalue weighted by atomic mass is 79.9. The van der Waals surface area contributed by atoms with E-state index in [0.29, 0.717) is 28.3 Å². The summed E-state index contributed by atoms with van der Waals surface area (Å²) in [6, 6.07) is 13.5. The number of H-pyrrole nitrogens is 1. The van der Waals surface area contributed by atoms with Crippen LogP contribution in [0.5, 0.6) is 0 Å². The Morgan fingerprint density at radius 3 is 2.93 bits per heavy atom. The van der Waals surface area contributed by atoms with Crippen molar-refractivity contribution in [3.63, 3.8) is 0 Å². The normalized spacial score (nSPS) is 13.8. The molecular weight excluding hydrogens is 444 g/mol. The molecule has 0 spiro atoms. The number of carbonyl (C=O) groups is 1. The van der Waals surface area contributed by atoms with E-state index in [4.69, 9.17) is 11.6 Å². The van der Waals surface area contributed by atoms with Crippen LogP contribution in [0.1, 0.15) is 29.4 Å². The molecule has 7 nitrogen and oxygen atoms in total. The second-order valence-electron chi connectivity index (χ2n) is 6.72. The molecule has 0 saturated heterocycles. The van der Waals surface area contributed by atoms with Crippen molar-refractivity contribution >= 4 is 50.0 Å². The lowest BCUT2D eigenvalue weighted by atomic mass is 10.2. The Morgan fingerprint density at radius 1 is 1.25 bits per heavy atom. The van der Waals surface area contributed by atoms with E-state index in [9.17, 15) is 4.79 Å². The monoisotopic (exact) mass is 456 g/mol. The van der Waals surface area contributed by atoms with Gasteiger partial charge in [0.2, 0.25) is 0 Å². The van der Waals surface area contributed by atoms with Crippen LogP contribution in [-0.4, -0.2) is 31.1 Å². The zero-order chi connectivity index (χ0) is 19.3. The molecule has 28 heavy (non-hydrogen) atoms. The Bertz CT molecular complexity index is 1210. The molecule has 2 N–H and O–H groups in total. The molecule has 0 unspecified atom stereocenters. The summed E-state index contributed by atoms with van der Waals surface area (Å²) in [5.41, 5.74) is 2.61. The molecule has 0 aliphatic heterocycles. The lowest BCUT2D eigenvalue weighted by Gasteiger charge is -2.07. The molecule has 0 atom stereocenters. The fourth-order valence-corrected chi connectivity index (χ4v) is 3.82. The molecule has 4 aromatic rings. The van der Waals surface area contributed by atoms with Crippen molar-refractivity contribution in [2.24, 2.45) is 0 Å². The molecule has 140 valence electrons. The second kappa shape index (κ2) is 6.72. The lowest BCUT2D eigenvalue weighted by Crippen LogP contribution is -2.13. The highest BCUT2D eigenvalue weighted by Crippen LogP contribution is 2.37. The topological polar surface area (TPSA) is 88.5 Å². The Morgan fingerprint density at radius 2 is 2.11 bits per heavy atom. The van der Waals surface area contributed by atoms with Crippen LogP contribution in [0.4, 0.5) is 5.69 Å². The van der Waals surface area contributed by atoms with Gasteiger partial charge < -0.3 is 10.3 Å². The Balaban J connectivity index is 1.44. The SMILES string of the molecule is O=C(Nc1cccc(-c2nnnn2C2CC2)c1)c1[nH]c2ccc(Br)cc2c1Cl. The van der Waals surface area contributed by atoms with Gasteiger partial charge in [0.25, 0.3) is 5.91 Å². The number of aromatic nitrogens is 5. The highest BCUT2D eigenvalue weighted by molar-refractivity contribution is 9.10. The number of amides is 1. The highest BCUT2D eigenvalue weighted by Gasteiger charge is 2.28. The average molecular weight is 458 g/mol. The second-order valence-corrected chi connectivity index (χ2v) is 8.01. The van der Waals surface area contributed by atoms with Crippen molar-refractivity contribution in [2.75, 3.05) is 5.32 Å². The number of anilines is 1. The summed E-state index contributed by atoms with van der Waals surface area (Å²) in [4.78, 5) is 15.9. The number of rotatable bonds is 4. The van der Waals surface area contributed by atoms with E-state index in [-0.39, 0.29) is 5.91 Å². The summed E-state index contributed by atoms with van der Waals surface area (Å²) in [5.74, 6) is 0.392. The summed E-state index contributed by atoms with van der Waals surface area (Å²) in [5, 5.41) is 16.1. The molecule has 2 heterocycles. The lowest BCUT2D eigenvalue weighted by molar-refractivity contribution is 0.102. The third kappa shape index (κ3) is 3.08. The summed E-state index contributed by atoms with van der Waals surface area (Å²) in [6.07, 6.45) is 2.17. The van der Waals surface area contributed by atoms with Crippen LogP contribution in [0.15, 0.2) is 46.9 Å². The maximum absolute atomic E-state index is 12.8. The Hall–Kier alpha value is -2.71. The van der Waals surface area contributed by atoms with Crippen LogP contribution in [0.2, 0.25) is 5.02 Å². The van der Waals surface area contributed by atoms with Crippen LogP contribution in [-0.2, 0) is 0 Å². The van der Waals surface area contributed by atoms with Gasteiger partial charge in [-0.2, -0.15) is 0 Å². The minimum atomic E-state index is -0.309. The van der Waals surface area contributed by atoms with E-state index >= 15 is 0 Å². The first kappa shape index (κ1) is 17.4. The van der Waals surface area contributed by atoms with Gasteiger partial charge >= 0.3 is 0 Å². The molecule has 2 aromatic carbocycles. The van der Waals surface area contributed by atoms with Crippen molar-refractivity contribution in [1.29, 1.82) is 0 Å². The molecule has 5 rings (SSSR count). The standard InChI is InChI=1S/C19H14BrClN6O/c20-11-4-7-15-14(9-11)16(21)17(23-15)19(28)22-12-3-1-2-10(8-12)18-24-25-26-27(18)13-5-6-13/h1-4,7-9,13,23H,5-6H2,(H,22,28). The fraction of sp³-hybridized carbons (Fsp3) is 0.158. The summed E-state index contributed by atoms with van der Waals surface area (Å²) >= 11 is 9.85. The molecule has 1 amide bonds. The molecule has 9 heteroatoms. The first-order valence-corrected chi connectivity index (χ1v) is 9.93. The van der Waals surface area contributed by atoms with Crippen molar-refractivity contribution in [3.05, 3.63) is 57.7 Å². The van der Waals surface area contributed by atoms with Gasteiger partial charge in [-0.1, -0.05) is 39.7 Å². The minimum Gasteiger partial charge on any atom is -0.349 e. The van der Waals surface area contributed by atoms with E-state index in [0.717, 1.165) is 33.8 Å². The maximum atomic E-state index is 12.8. The van der Waals surface area contributed by atoms with Crippen molar-refractivity contribution in [2.45, 2.75) is 18.9 Å². The zero-order valence-corrected chi connectivity index (χ0v) is 16.8. The number of fused-ring (bicyclic) bond motifs is 1. The van der Waals surface area contributed by atoms with E-state index < -0.39 is 0 Å². The number of nitrogens with one attached hydrogen (secondary N) is 2. The molecule has 0 bridgehead atoms. The molecule has 1 saturated carbocycles. The van der Waals surface area contributed by atoms with E-state index in [2.05, 4.69) is 41.8 Å². The molecule has 2 aromatic heterocycles. The summed E-state index contributed by atoms with van der Waals surface area (Å²) < 4.78 is 2.74. The van der Waals surface area contributed by atoms with Crippen LogP contribution in [0.25, 0.3) is 22.3 Å². The number of carbonyl (C=O) groups excluding carboxylic acids is 1. The number of tetrazole rings is 1. The van der Waals surface area contributed by atoms with Crippen LogP contribution in [0.3, 0.4) is 0 Å². The smallest absolute Gasteiger partial charge is 0.273 e. The third-order valence-electron chi connectivity index (χ3n) is 4.69. The molecule has 0 radical (unpaired) electrons. The summed E-state index contributed by atoms with van der Waals surface area (Å²) in [6.45, 7) is 0. The van der Waals surface area contributed by atoms with Gasteiger partial charge in [-0.15, -0.1) is 5.10 Å². The summed E-state index contributed by atoms with van der Waals surface area (Å²) in [7, 11) is 0. The van der Waals surface area contributed by atoms with Crippen LogP contribution >= 0.6 is 27.5 Å². The minimum absolute atomic E-state index is 0.309. The van der Waals surface area contributed by atoms with Crippen LogP contribution in [0, 0.1) is 0 Å². The van der Waals surface area contributed by atoms with Crippen molar-refractivity contribution in [3.8, 4) is 11.4 Å². The van der Waals surface area contributed by atoms with Crippen molar-refractivity contribution < 1.29 is 4.79 Å². The number of hydrogen-bond donors (Lipinski definition) is 2. The number of aromatic amines is 1. The largest absolute Gasteiger partial charge is 0.349 e. The van der Waals surface area contributed by atoms with Crippen molar-refractivity contribution in [1.82, 2.24) is 25.2 Å². The predicted molar refractivity (Wildman–Crippen MR) is 110 cm³/mol. The maximum Gasteiger partial charge on any atom is 0.273 e. The fourth-order valence-electron chi connectivity index (χ4n) is 3.17. The Labute approximate surface area is 173 Å². The van der Waals surface area contributed by atoms with Gasteiger partial charge in [0.1, 0.15) is 5.69 Å². The molecule has 1 aliphatic rings. The number of halogens is 2. The first-order valence-electron chi connectivity index (χ1n) is 8.76. The Kier molecular flexibility index (Phi) is 4.17. The van der Waals surface area contributed by atoms with E-state index in [1.54, 1.807) is 0 Å². The molecule has 1 aliphatic carbocycles. The van der Waals surface area contributed by atoms with Gasteiger partial charge in [0, 0.05) is 26.6 Å². The number of benzene rings is 2. The molecular formula is C19H14BrClN6O.